The SMILES string of the molecule is CC(C)c1ncc2nccc(C(C)C)c2n1. The summed E-state index contributed by atoms with van der Waals surface area (Å²) in [5, 5.41) is 0. The highest BCUT2D eigenvalue weighted by Crippen LogP contribution is 2.22. The highest BCUT2D eigenvalue weighted by molar-refractivity contribution is 5.77. The minimum Gasteiger partial charge on any atom is -0.253 e. The molecule has 0 aromatic carbocycles. The van der Waals surface area contributed by atoms with Gasteiger partial charge in [0.05, 0.1) is 11.7 Å². The van der Waals surface area contributed by atoms with E-state index in [1.54, 1.807) is 0 Å². The van der Waals surface area contributed by atoms with Crippen molar-refractivity contribution in [2.75, 3.05) is 0 Å². The molecule has 0 saturated carbocycles. The molecule has 0 atom stereocenters. The summed E-state index contributed by atoms with van der Waals surface area (Å²) >= 11 is 0. The quantitative estimate of drug-likeness (QED) is 0.771. The Morgan fingerprint density at radius 1 is 1.00 bits per heavy atom. The Balaban J connectivity index is 2.68. The number of hydrogen-bond donors (Lipinski definition) is 0. The predicted octanol–water partition coefficient (Wildman–Crippen LogP) is 3.27. The van der Waals surface area contributed by atoms with Gasteiger partial charge in [0.15, 0.2) is 0 Å². The van der Waals surface area contributed by atoms with Crippen molar-refractivity contribution in [3.05, 3.63) is 29.8 Å². The molecule has 3 heteroatoms. The highest BCUT2D eigenvalue weighted by atomic mass is 14.9. The van der Waals surface area contributed by atoms with Crippen LogP contribution in [0.25, 0.3) is 11.0 Å². The summed E-state index contributed by atoms with van der Waals surface area (Å²) < 4.78 is 0. The molecule has 2 aromatic rings. The molecule has 2 aromatic heterocycles. The number of fused-ring (bicyclic) bond motifs is 1. The molecule has 0 aliphatic carbocycles. The van der Waals surface area contributed by atoms with E-state index in [9.17, 15) is 0 Å². The number of hydrogen-bond acceptors (Lipinski definition) is 3. The van der Waals surface area contributed by atoms with Gasteiger partial charge < -0.3 is 0 Å². The molecule has 0 N–H and O–H groups in total. The Kier molecular flexibility index (Phi) is 2.86. The first-order valence-corrected chi connectivity index (χ1v) is 5.71. The molecule has 0 amide bonds. The zero-order valence-electron chi connectivity index (χ0n) is 10.2. The summed E-state index contributed by atoms with van der Waals surface area (Å²) in [5.74, 6) is 1.70. The van der Waals surface area contributed by atoms with Crippen molar-refractivity contribution in [1.29, 1.82) is 0 Å². The smallest absolute Gasteiger partial charge is 0.131 e. The van der Waals surface area contributed by atoms with Gasteiger partial charge in [-0.25, -0.2) is 9.97 Å². The lowest BCUT2D eigenvalue weighted by atomic mass is 10.0. The normalized spacial score (nSPS) is 11.6. The molecule has 84 valence electrons. The van der Waals surface area contributed by atoms with Gasteiger partial charge in [-0.2, -0.15) is 0 Å². The summed E-state index contributed by atoms with van der Waals surface area (Å²) in [6.45, 7) is 8.55. The third-order valence-corrected chi connectivity index (χ3v) is 2.67. The Morgan fingerprint density at radius 3 is 2.38 bits per heavy atom. The molecular formula is C13H17N3. The first kappa shape index (κ1) is 11.0. The van der Waals surface area contributed by atoms with E-state index in [0.29, 0.717) is 11.8 Å². The fourth-order valence-corrected chi connectivity index (χ4v) is 1.72. The predicted molar refractivity (Wildman–Crippen MR) is 65.5 cm³/mol. The Labute approximate surface area is 96.0 Å². The van der Waals surface area contributed by atoms with Gasteiger partial charge in [-0.3, -0.25) is 4.98 Å². The fourth-order valence-electron chi connectivity index (χ4n) is 1.72. The van der Waals surface area contributed by atoms with Gasteiger partial charge in [0.1, 0.15) is 11.3 Å². The van der Waals surface area contributed by atoms with Crippen molar-refractivity contribution in [1.82, 2.24) is 15.0 Å². The summed E-state index contributed by atoms with van der Waals surface area (Å²) in [7, 11) is 0. The maximum Gasteiger partial charge on any atom is 0.131 e. The van der Waals surface area contributed by atoms with Gasteiger partial charge in [-0.15, -0.1) is 0 Å². The lowest BCUT2D eigenvalue weighted by Gasteiger charge is -2.10. The van der Waals surface area contributed by atoms with Crippen molar-refractivity contribution in [2.24, 2.45) is 0 Å². The van der Waals surface area contributed by atoms with E-state index < -0.39 is 0 Å². The van der Waals surface area contributed by atoms with Crippen LogP contribution in [-0.2, 0) is 0 Å². The molecule has 0 radical (unpaired) electrons. The molecule has 0 unspecified atom stereocenters. The molecule has 0 spiro atoms. The lowest BCUT2D eigenvalue weighted by molar-refractivity contribution is 0.778. The van der Waals surface area contributed by atoms with Crippen LogP contribution in [0.15, 0.2) is 18.5 Å². The average Bonchev–Trinajstić information content (AvgIpc) is 2.27. The number of rotatable bonds is 2. The van der Waals surface area contributed by atoms with E-state index in [-0.39, 0.29) is 0 Å². The second-order valence-electron chi connectivity index (χ2n) is 4.67. The lowest BCUT2D eigenvalue weighted by Crippen LogP contribution is -2.01. The van der Waals surface area contributed by atoms with Crippen molar-refractivity contribution in [3.8, 4) is 0 Å². The van der Waals surface area contributed by atoms with Crippen LogP contribution >= 0.6 is 0 Å². The van der Waals surface area contributed by atoms with E-state index >= 15 is 0 Å². The zero-order chi connectivity index (χ0) is 11.7. The van der Waals surface area contributed by atoms with E-state index in [4.69, 9.17) is 0 Å². The zero-order valence-corrected chi connectivity index (χ0v) is 10.2. The van der Waals surface area contributed by atoms with E-state index in [1.165, 1.54) is 5.56 Å². The molecule has 0 fully saturated rings. The van der Waals surface area contributed by atoms with Crippen LogP contribution in [0.1, 0.15) is 50.9 Å². The largest absolute Gasteiger partial charge is 0.253 e. The topological polar surface area (TPSA) is 38.7 Å². The van der Waals surface area contributed by atoms with Crippen molar-refractivity contribution < 1.29 is 0 Å². The van der Waals surface area contributed by atoms with Gasteiger partial charge >= 0.3 is 0 Å². The molecule has 0 aliphatic heterocycles. The minimum absolute atomic E-state index is 0.351. The molecule has 2 heterocycles. The Morgan fingerprint density at radius 2 is 1.75 bits per heavy atom. The second kappa shape index (κ2) is 4.16. The van der Waals surface area contributed by atoms with Crippen LogP contribution in [0, 0.1) is 0 Å². The molecule has 0 aliphatic rings. The molecule has 0 bridgehead atoms. The molecular weight excluding hydrogens is 198 g/mol. The fraction of sp³-hybridized carbons (Fsp3) is 0.462. The van der Waals surface area contributed by atoms with Gasteiger partial charge in [-0.1, -0.05) is 27.7 Å². The molecule has 3 nitrogen and oxygen atoms in total. The van der Waals surface area contributed by atoms with E-state index in [0.717, 1.165) is 16.9 Å². The second-order valence-corrected chi connectivity index (χ2v) is 4.67. The third kappa shape index (κ3) is 1.90. The summed E-state index contributed by atoms with van der Waals surface area (Å²) in [5.41, 5.74) is 3.13. The van der Waals surface area contributed by atoms with Gasteiger partial charge in [0.25, 0.3) is 0 Å². The van der Waals surface area contributed by atoms with Crippen LogP contribution in [0.2, 0.25) is 0 Å². The number of nitrogens with zero attached hydrogens (tertiary/aromatic N) is 3. The first-order chi connectivity index (χ1) is 7.59. The maximum atomic E-state index is 4.62. The van der Waals surface area contributed by atoms with Crippen molar-refractivity contribution >= 4 is 11.0 Å². The van der Waals surface area contributed by atoms with Crippen molar-refractivity contribution in [2.45, 2.75) is 39.5 Å². The van der Waals surface area contributed by atoms with Crippen molar-refractivity contribution in [3.63, 3.8) is 0 Å². The number of pyridine rings is 1. The molecule has 16 heavy (non-hydrogen) atoms. The van der Waals surface area contributed by atoms with Gasteiger partial charge in [-0.05, 0) is 17.5 Å². The standard InChI is InChI=1S/C13H17N3/c1-8(2)10-5-6-14-11-7-15-13(9(3)4)16-12(10)11/h5-9H,1-4H3. The minimum atomic E-state index is 0.351. The average molecular weight is 215 g/mol. The van der Waals surface area contributed by atoms with Crippen LogP contribution in [0.4, 0.5) is 0 Å². The Bertz CT molecular complexity index is 504. The summed E-state index contributed by atoms with van der Waals surface area (Å²) in [4.78, 5) is 13.3. The summed E-state index contributed by atoms with van der Waals surface area (Å²) in [6, 6.07) is 2.05. The monoisotopic (exact) mass is 215 g/mol. The maximum absolute atomic E-state index is 4.62. The third-order valence-electron chi connectivity index (χ3n) is 2.67. The van der Waals surface area contributed by atoms with Gasteiger partial charge in [0, 0.05) is 12.1 Å². The highest BCUT2D eigenvalue weighted by Gasteiger charge is 2.10. The first-order valence-electron chi connectivity index (χ1n) is 5.71. The summed E-state index contributed by atoms with van der Waals surface area (Å²) in [6.07, 6.45) is 3.65. The van der Waals surface area contributed by atoms with E-state index in [1.807, 2.05) is 18.5 Å². The molecule has 0 saturated heterocycles. The van der Waals surface area contributed by atoms with Crippen LogP contribution in [-0.4, -0.2) is 15.0 Å². The van der Waals surface area contributed by atoms with E-state index in [2.05, 4.69) is 42.6 Å². The van der Waals surface area contributed by atoms with Crippen LogP contribution in [0.3, 0.4) is 0 Å². The van der Waals surface area contributed by atoms with Crippen LogP contribution < -0.4 is 0 Å². The van der Waals surface area contributed by atoms with Gasteiger partial charge in [0.2, 0.25) is 0 Å². The number of aromatic nitrogens is 3. The van der Waals surface area contributed by atoms with Crippen LogP contribution in [0.5, 0.6) is 0 Å². The Hall–Kier alpha value is -1.51. The molecule has 2 rings (SSSR count).